The molecule has 0 radical (unpaired) electrons. The van der Waals surface area contributed by atoms with Crippen molar-refractivity contribution in [1.29, 1.82) is 0 Å². The van der Waals surface area contributed by atoms with Crippen LogP contribution in [-0.2, 0) is 9.59 Å². The molecule has 0 bridgehead atoms. The highest BCUT2D eigenvalue weighted by Crippen LogP contribution is 2.33. The molecule has 1 fully saturated rings. The maximum Gasteiger partial charge on any atom is 0.266 e. The molecule has 1 heterocycles. The van der Waals surface area contributed by atoms with Crippen LogP contribution < -0.4 is 10.1 Å². The topological polar surface area (TPSA) is 58.6 Å². The first-order valence-electron chi connectivity index (χ1n) is 10.5. The van der Waals surface area contributed by atoms with Gasteiger partial charge in [-0.3, -0.25) is 14.5 Å². The fourth-order valence-corrected chi connectivity index (χ4v) is 4.63. The molecule has 1 aliphatic heterocycles. The Hall–Kier alpha value is -2.35. The second-order valence-electron chi connectivity index (χ2n) is 7.17. The summed E-state index contributed by atoms with van der Waals surface area (Å²) in [5, 5.41) is 3.56. The number of hydrogen-bond donors (Lipinski definition) is 1. The molecule has 0 aromatic heterocycles. The van der Waals surface area contributed by atoms with Crippen LogP contribution in [0.15, 0.2) is 53.4 Å². The Morgan fingerprint density at radius 2 is 1.91 bits per heavy atom. The number of carbonyl (C=O) groups excluding carboxylic acids is 2. The van der Waals surface area contributed by atoms with E-state index in [1.54, 1.807) is 17.0 Å². The first-order chi connectivity index (χ1) is 15.5. The summed E-state index contributed by atoms with van der Waals surface area (Å²) in [6.45, 7) is 3.00. The highest BCUT2D eigenvalue weighted by Gasteiger charge is 2.31. The largest absolute Gasteiger partial charge is 0.492 e. The van der Waals surface area contributed by atoms with Crippen molar-refractivity contribution in [3.63, 3.8) is 0 Å². The summed E-state index contributed by atoms with van der Waals surface area (Å²) in [6, 6.07) is 14.7. The molecule has 32 heavy (non-hydrogen) atoms. The van der Waals surface area contributed by atoms with Crippen molar-refractivity contribution >= 4 is 63.5 Å². The summed E-state index contributed by atoms with van der Waals surface area (Å²) in [7, 11) is 0. The highest BCUT2D eigenvalue weighted by molar-refractivity contribution is 8.26. The molecule has 0 unspecified atom stereocenters. The van der Waals surface area contributed by atoms with E-state index in [2.05, 4.69) is 5.32 Å². The Labute approximate surface area is 203 Å². The maximum absolute atomic E-state index is 12.7. The monoisotopic (exact) mass is 488 g/mol. The van der Waals surface area contributed by atoms with Crippen LogP contribution >= 0.6 is 35.6 Å². The lowest BCUT2D eigenvalue weighted by Gasteiger charge is -2.14. The number of para-hydroxylation sites is 2. The van der Waals surface area contributed by atoms with Crippen LogP contribution in [-0.4, -0.2) is 34.2 Å². The van der Waals surface area contributed by atoms with E-state index < -0.39 is 0 Å². The first kappa shape index (κ1) is 24.3. The Morgan fingerprint density at radius 3 is 2.66 bits per heavy atom. The Kier molecular flexibility index (Phi) is 9.14. The second-order valence-corrected chi connectivity index (χ2v) is 9.29. The Balaban J connectivity index is 1.42. The molecule has 1 N–H and O–H groups in total. The number of carbonyl (C=O) groups is 2. The molecule has 0 spiro atoms. The van der Waals surface area contributed by atoms with Gasteiger partial charge in [0, 0.05) is 18.0 Å². The minimum Gasteiger partial charge on any atom is -0.492 e. The van der Waals surface area contributed by atoms with Gasteiger partial charge in [-0.25, -0.2) is 0 Å². The van der Waals surface area contributed by atoms with E-state index in [0.29, 0.717) is 45.3 Å². The molecular formula is C24H25ClN2O3S2. The van der Waals surface area contributed by atoms with Crippen molar-refractivity contribution in [2.24, 2.45) is 0 Å². The lowest BCUT2D eigenvalue weighted by molar-refractivity contribution is -0.122. The highest BCUT2D eigenvalue weighted by atomic mass is 35.5. The first-order valence-corrected chi connectivity index (χ1v) is 12.1. The van der Waals surface area contributed by atoms with Gasteiger partial charge in [0.2, 0.25) is 5.91 Å². The summed E-state index contributed by atoms with van der Waals surface area (Å²) in [4.78, 5) is 27.2. The number of benzene rings is 2. The fourth-order valence-electron chi connectivity index (χ4n) is 3.20. The third kappa shape index (κ3) is 6.82. The van der Waals surface area contributed by atoms with Crippen LogP contribution in [0.4, 0.5) is 5.69 Å². The number of rotatable bonds is 10. The second kappa shape index (κ2) is 12.0. The van der Waals surface area contributed by atoms with E-state index in [-0.39, 0.29) is 11.8 Å². The minimum absolute atomic E-state index is 0.0475. The lowest BCUT2D eigenvalue weighted by Crippen LogP contribution is -2.29. The van der Waals surface area contributed by atoms with Gasteiger partial charge in [-0.1, -0.05) is 66.3 Å². The predicted octanol–water partition coefficient (Wildman–Crippen LogP) is 6.14. The van der Waals surface area contributed by atoms with Crippen LogP contribution in [0.25, 0.3) is 6.08 Å². The molecule has 2 aromatic carbocycles. The van der Waals surface area contributed by atoms with Crippen molar-refractivity contribution in [1.82, 2.24) is 4.90 Å². The zero-order valence-corrected chi connectivity index (χ0v) is 20.2. The van der Waals surface area contributed by atoms with E-state index in [9.17, 15) is 9.59 Å². The van der Waals surface area contributed by atoms with Gasteiger partial charge in [-0.15, -0.1) is 0 Å². The third-order valence-corrected chi connectivity index (χ3v) is 6.42. The predicted molar refractivity (Wildman–Crippen MR) is 136 cm³/mol. The van der Waals surface area contributed by atoms with E-state index in [1.807, 2.05) is 49.4 Å². The summed E-state index contributed by atoms with van der Waals surface area (Å²) in [5.41, 5.74) is 1.59. The SMILES string of the molecule is CCOc1ccccc1NC(=O)CCCCCN1C(=O)C(=Cc2ccc(Cl)cc2)SC1=S. The number of halogens is 1. The molecule has 5 nitrogen and oxygen atoms in total. The zero-order chi connectivity index (χ0) is 22.9. The van der Waals surface area contributed by atoms with Gasteiger partial charge in [-0.2, -0.15) is 0 Å². The van der Waals surface area contributed by atoms with E-state index in [1.165, 1.54) is 11.8 Å². The van der Waals surface area contributed by atoms with Crippen LogP contribution in [0.2, 0.25) is 5.02 Å². The molecule has 8 heteroatoms. The maximum atomic E-state index is 12.7. The number of amides is 2. The molecule has 1 saturated heterocycles. The molecule has 1 aliphatic rings. The molecule has 2 amide bonds. The average molecular weight is 489 g/mol. The number of thiocarbonyl (C=S) groups is 1. The normalized spacial score (nSPS) is 14.8. The number of thioether (sulfide) groups is 1. The zero-order valence-electron chi connectivity index (χ0n) is 17.8. The molecule has 2 aromatic rings. The van der Waals surface area contributed by atoms with Gasteiger partial charge >= 0.3 is 0 Å². The molecule has 0 aliphatic carbocycles. The van der Waals surface area contributed by atoms with Crippen LogP contribution in [0.3, 0.4) is 0 Å². The smallest absolute Gasteiger partial charge is 0.266 e. The lowest BCUT2D eigenvalue weighted by atomic mass is 10.1. The van der Waals surface area contributed by atoms with Gasteiger partial charge in [-0.05, 0) is 55.7 Å². The van der Waals surface area contributed by atoms with Crippen molar-refractivity contribution in [3.05, 3.63) is 64.0 Å². The van der Waals surface area contributed by atoms with Gasteiger partial charge < -0.3 is 10.1 Å². The Morgan fingerprint density at radius 1 is 1.16 bits per heavy atom. The Bertz CT molecular complexity index is 1010. The van der Waals surface area contributed by atoms with Crippen molar-refractivity contribution in [3.8, 4) is 5.75 Å². The molecular weight excluding hydrogens is 464 g/mol. The van der Waals surface area contributed by atoms with Gasteiger partial charge in [0.15, 0.2) is 0 Å². The van der Waals surface area contributed by atoms with Crippen molar-refractivity contribution in [2.45, 2.75) is 32.6 Å². The molecule has 0 saturated carbocycles. The van der Waals surface area contributed by atoms with Gasteiger partial charge in [0.05, 0.1) is 17.2 Å². The van der Waals surface area contributed by atoms with E-state index >= 15 is 0 Å². The standard InChI is InChI=1S/C24H25ClN2O3S2/c1-2-30-20-9-6-5-8-19(20)26-22(28)10-4-3-7-15-27-23(29)21(32-24(27)31)16-17-11-13-18(25)14-12-17/h5-6,8-9,11-14,16H,2-4,7,10,15H2,1H3,(H,26,28). The van der Waals surface area contributed by atoms with E-state index in [0.717, 1.165) is 24.8 Å². The van der Waals surface area contributed by atoms with Crippen LogP contribution in [0.5, 0.6) is 5.75 Å². The summed E-state index contributed by atoms with van der Waals surface area (Å²) >= 11 is 12.6. The average Bonchev–Trinajstić information content (AvgIpc) is 3.04. The van der Waals surface area contributed by atoms with Crippen LogP contribution in [0.1, 0.15) is 38.2 Å². The van der Waals surface area contributed by atoms with E-state index in [4.69, 9.17) is 28.6 Å². The van der Waals surface area contributed by atoms with Crippen molar-refractivity contribution in [2.75, 3.05) is 18.5 Å². The summed E-state index contributed by atoms with van der Waals surface area (Å²) < 4.78 is 6.10. The number of anilines is 1. The third-order valence-electron chi connectivity index (χ3n) is 4.79. The number of nitrogens with zero attached hydrogens (tertiary/aromatic N) is 1. The van der Waals surface area contributed by atoms with Crippen LogP contribution in [0, 0.1) is 0 Å². The summed E-state index contributed by atoms with van der Waals surface area (Å²) in [5.74, 6) is 0.554. The number of hydrogen-bond acceptors (Lipinski definition) is 5. The van der Waals surface area contributed by atoms with Crippen molar-refractivity contribution < 1.29 is 14.3 Å². The van der Waals surface area contributed by atoms with Gasteiger partial charge in [0.1, 0.15) is 10.1 Å². The number of nitrogens with one attached hydrogen (secondary N) is 1. The minimum atomic E-state index is -0.0692. The molecule has 3 rings (SSSR count). The quantitative estimate of drug-likeness (QED) is 0.247. The van der Waals surface area contributed by atoms with Gasteiger partial charge in [0.25, 0.3) is 5.91 Å². The fraction of sp³-hybridized carbons (Fsp3) is 0.292. The summed E-state index contributed by atoms with van der Waals surface area (Å²) in [6.07, 6.45) is 4.59. The number of ether oxygens (including phenoxy) is 1. The molecule has 0 atom stereocenters. The number of unbranched alkanes of at least 4 members (excludes halogenated alkanes) is 2. The molecule has 168 valence electrons.